The van der Waals surface area contributed by atoms with E-state index in [1.807, 2.05) is 0 Å². The Kier molecular flexibility index (Phi) is 7.04. The normalized spacial score (nSPS) is 22.2. The molecule has 21 heavy (non-hydrogen) atoms. The fraction of sp³-hybridized carbons (Fsp3) is 0.667. The van der Waals surface area contributed by atoms with Gasteiger partial charge in [-0.25, -0.2) is 0 Å². The third kappa shape index (κ3) is 5.68. The van der Waals surface area contributed by atoms with Gasteiger partial charge in [-0.15, -0.1) is 0 Å². The molecule has 0 radical (unpaired) electrons. The molecule has 0 saturated carbocycles. The Morgan fingerprint density at radius 1 is 1.29 bits per heavy atom. The zero-order chi connectivity index (χ0) is 14.9. The van der Waals surface area contributed by atoms with Crippen LogP contribution in [-0.2, 0) is 4.74 Å². The molecule has 0 bridgehead atoms. The summed E-state index contributed by atoms with van der Waals surface area (Å²) >= 11 is 0. The third-order valence-electron chi connectivity index (χ3n) is 4.28. The molecule has 1 N–H and O–H groups in total. The van der Waals surface area contributed by atoms with E-state index < -0.39 is 0 Å². The molecule has 1 aliphatic heterocycles. The standard InChI is InChI=1S/C18H30N2O/c1-3-8-18-15-16(11-14-21-18)19-12-7-13-20(2)17-9-5-4-6-10-17/h4-6,9-10,16,18-19H,3,7-8,11-15H2,1-2H3. The van der Waals surface area contributed by atoms with Crippen molar-refractivity contribution < 1.29 is 4.74 Å². The van der Waals surface area contributed by atoms with Crippen molar-refractivity contribution in [3.8, 4) is 0 Å². The summed E-state index contributed by atoms with van der Waals surface area (Å²) in [5, 5.41) is 3.71. The minimum absolute atomic E-state index is 0.480. The Balaban J connectivity index is 1.61. The van der Waals surface area contributed by atoms with Crippen LogP contribution in [0, 0.1) is 0 Å². The molecule has 118 valence electrons. The Hall–Kier alpha value is -1.06. The highest BCUT2D eigenvalue weighted by atomic mass is 16.5. The molecule has 0 amide bonds. The van der Waals surface area contributed by atoms with Crippen LogP contribution in [-0.4, -0.2) is 38.9 Å². The number of nitrogens with one attached hydrogen (secondary N) is 1. The molecule has 2 atom stereocenters. The first-order chi connectivity index (χ1) is 10.3. The van der Waals surface area contributed by atoms with Gasteiger partial charge in [0.05, 0.1) is 6.10 Å². The molecule has 0 aliphatic carbocycles. The first kappa shape index (κ1) is 16.3. The van der Waals surface area contributed by atoms with Crippen LogP contribution in [0.3, 0.4) is 0 Å². The first-order valence-electron chi connectivity index (χ1n) is 8.40. The highest BCUT2D eigenvalue weighted by Crippen LogP contribution is 2.17. The summed E-state index contributed by atoms with van der Waals surface area (Å²) in [5.41, 5.74) is 1.30. The molecule has 1 fully saturated rings. The van der Waals surface area contributed by atoms with Crippen LogP contribution in [0.2, 0.25) is 0 Å². The van der Waals surface area contributed by atoms with E-state index in [1.165, 1.54) is 31.4 Å². The van der Waals surface area contributed by atoms with E-state index in [-0.39, 0.29) is 0 Å². The summed E-state index contributed by atoms with van der Waals surface area (Å²) in [4.78, 5) is 2.32. The van der Waals surface area contributed by atoms with E-state index in [2.05, 4.69) is 54.5 Å². The molecule has 0 aromatic heterocycles. The second-order valence-electron chi connectivity index (χ2n) is 6.07. The number of para-hydroxylation sites is 1. The molecule has 1 aromatic carbocycles. The van der Waals surface area contributed by atoms with Crippen LogP contribution >= 0.6 is 0 Å². The lowest BCUT2D eigenvalue weighted by Crippen LogP contribution is -2.40. The number of hydrogen-bond donors (Lipinski definition) is 1. The van der Waals surface area contributed by atoms with Crippen LogP contribution in [0.25, 0.3) is 0 Å². The van der Waals surface area contributed by atoms with Crippen molar-refractivity contribution in [2.75, 3.05) is 31.6 Å². The van der Waals surface area contributed by atoms with Crippen molar-refractivity contribution >= 4 is 5.69 Å². The number of rotatable bonds is 8. The highest BCUT2D eigenvalue weighted by Gasteiger charge is 2.21. The molecule has 1 saturated heterocycles. The van der Waals surface area contributed by atoms with Gasteiger partial charge in [-0.05, 0) is 44.4 Å². The van der Waals surface area contributed by atoms with Gasteiger partial charge in [-0.3, -0.25) is 0 Å². The molecule has 1 aliphatic rings. The van der Waals surface area contributed by atoms with Crippen molar-refractivity contribution in [1.29, 1.82) is 0 Å². The minimum atomic E-state index is 0.480. The topological polar surface area (TPSA) is 24.5 Å². The Morgan fingerprint density at radius 3 is 2.86 bits per heavy atom. The summed E-state index contributed by atoms with van der Waals surface area (Å²) in [5.74, 6) is 0. The second kappa shape index (κ2) is 9.06. The lowest BCUT2D eigenvalue weighted by Gasteiger charge is -2.30. The number of ether oxygens (including phenoxy) is 1. The van der Waals surface area contributed by atoms with E-state index >= 15 is 0 Å². The SMILES string of the molecule is CCCC1CC(NCCCN(C)c2ccccc2)CCO1. The maximum absolute atomic E-state index is 5.80. The number of hydrogen-bond acceptors (Lipinski definition) is 3. The summed E-state index contributed by atoms with van der Waals surface area (Å²) < 4.78 is 5.80. The van der Waals surface area contributed by atoms with Crippen LogP contribution < -0.4 is 10.2 Å². The number of benzene rings is 1. The van der Waals surface area contributed by atoms with Gasteiger partial charge in [0, 0.05) is 31.9 Å². The predicted molar refractivity (Wildman–Crippen MR) is 90.0 cm³/mol. The summed E-state index contributed by atoms with van der Waals surface area (Å²) in [6.45, 7) is 5.35. The smallest absolute Gasteiger partial charge is 0.0589 e. The third-order valence-corrected chi connectivity index (χ3v) is 4.28. The van der Waals surface area contributed by atoms with Crippen LogP contribution in [0.5, 0.6) is 0 Å². The fourth-order valence-corrected chi connectivity index (χ4v) is 3.02. The fourth-order valence-electron chi connectivity index (χ4n) is 3.02. The zero-order valence-corrected chi connectivity index (χ0v) is 13.6. The molecule has 1 aromatic rings. The van der Waals surface area contributed by atoms with E-state index in [1.54, 1.807) is 0 Å². The minimum Gasteiger partial charge on any atom is -0.378 e. The lowest BCUT2D eigenvalue weighted by atomic mass is 10.00. The molecule has 2 rings (SSSR count). The Bertz CT molecular complexity index is 380. The lowest BCUT2D eigenvalue weighted by molar-refractivity contribution is -0.00306. The van der Waals surface area contributed by atoms with Gasteiger partial charge in [-0.1, -0.05) is 31.5 Å². The van der Waals surface area contributed by atoms with Crippen molar-refractivity contribution in [2.45, 2.75) is 51.2 Å². The molecule has 1 heterocycles. The van der Waals surface area contributed by atoms with Crippen LogP contribution in [0.1, 0.15) is 39.0 Å². The molecule has 0 spiro atoms. The van der Waals surface area contributed by atoms with Crippen molar-refractivity contribution in [1.82, 2.24) is 5.32 Å². The van der Waals surface area contributed by atoms with Gasteiger partial charge in [0.1, 0.15) is 0 Å². The number of nitrogens with zero attached hydrogens (tertiary/aromatic N) is 1. The first-order valence-corrected chi connectivity index (χ1v) is 8.40. The highest BCUT2D eigenvalue weighted by molar-refractivity contribution is 5.44. The van der Waals surface area contributed by atoms with E-state index in [0.29, 0.717) is 12.1 Å². The quantitative estimate of drug-likeness (QED) is 0.742. The Morgan fingerprint density at radius 2 is 2.10 bits per heavy atom. The average Bonchev–Trinajstić information content (AvgIpc) is 2.53. The van der Waals surface area contributed by atoms with E-state index in [0.717, 1.165) is 26.1 Å². The van der Waals surface area contributed by atoms with Crippen LogP contribution in [0.4, 0.5) is 5.69 Å². The molecule has 2 unspecified atom stereocenters. The van der Waals surface area contributed by atoms with E-state index in [4.69, 9.17) is 4.74 Å². The van der Waals surface area contributed by atoms with Crippen molar-refractivity contribution in [3.05, 3.63) is 30.3 Å². The monoisotopic (exact) mass is 290 g/mol. The zero-order valence-electron chi connectivity index (χ0n) is 13.6. The van der Waals surface area contributed by atoms with Crippen LogP contribution in [0.15, 0.2) is 30.3 Å². The largest absolute Gasteiger partial charge is 0.378 e. The molecule has 3 heteroatoms. The summed E-state index contributed by atoms with van der Waals surface area (Å²) in [6.07, 6.45) is 6.43. The van der Waals surface area contributed by atoms with Gasteiger partial charge in [0.2, 0.25) is 0 Å². The maximum atomic E-state index is 5.80. The van der Waals surface area contributed by atoms with Gasteiger partial charge < -0.3 is 15.0 Å². The van der Waals surface area contributed by atoms with Gasteiger partial charge in [-0.2, -0.15) is 0 Å². The van der Waals surface area contributed by atoms with Gasteiger partial charge in [0.15, 0.2) is 0 Å². The van der Waals surface area contributed by atoms with Crippen molar-refractivity contribution in [3.63, 3.8) is 0 Å². The summed E-state index contributed by atoms with van der Waals surface area (Å²) in [6, 6.07) is 11.2. The van der Waals surface area contributed by atoms with E-state index in [9.17, 15) is 0 Å². The Labute approximate surface area is 129 Å². The number of anilines is 1. The average molecular weight is 290 g/mol. The van der Waals surface area contributed by atoms with Gasteiger partial charge in [0.25, 0.3) is 0 Å². The molecule has 3 nitrogen and oxygen atoms in total. The second-order valence-corrected chi connectivity index (χ2v) is 6.07. The molecular weight excluding hydrogens is 260 g/mol. The van der Waals surface area contributed by atoms with Gasteiger partial charge >= 0.3 is 0 Å². The maximum Gasteiger partial charge on any atom is 0.0589 e. The predicted octanol–water partition coefficient (Wildman–Crippen LogP) is 3.45. The van der Waals surface area contributed by atoms with Crippen molar-refractivity contribution in [2.24, 2.45) is 0 Å². The molecular formula is C18H30N2O. The summed E-state index contributed by atoms with van der Waals surface area (Å²) in [7, 11) is 2.17.